The Hall–Kier alpha value is -2.76. The van der Waals surface area contributed by atoms with Gasteiger partial charge in [-0.3, -0.25) is 10.1 Å². The van der Waals surface area contributed by atoms with E-state index in [1.165, 1.54) is 22.5 Å². The quantitative estimate of drug-likeness (QED) is 0.483. The molecule has 11 heteroatoms. The van der Waals surface area contributed by atoms with Crippen LogP contribution in [-0.4, -0.2) is 69.1 Å². The maximum Gasteiger partial charge on any atom is 0.331 e. The summed E-state index contributed by atoms with van der Waals surface area (Å²) in [6.45, 7) is 5.99. The van der Waals surface area contributed by atoms with Crippen LogP contribution in [0.2, 0.25) is 0 Å². The molecule has 2 N–H and O–H groups in total. The van der Waals surface area contributed by atoms with Crippen LogP contribution in [0.15, 0.2) is 35.2 Å². The maximum absolute atomic E-state index is 12.6. The number of carbonyl (C=O) groups excluding carboxylic acids is 3. The maximum atomic E-state index is 12.6. The summed E-state index contributed by atoms with van der Waals surface area (Å²) < 4.78 is 36.5. The van der Waals surface area contributed by atoms with Gasteiger partial charge in [-0.2, -0.15) is 4.31 Å². The largest absolute Gasteiger partial charge is 0.452 e. The summed E-state index contributed by atoms with van der Waals surface area (Å²) in [4.78, 5) is 35.1. The molecule has 0 bridgehead atoms. The van der Waals surface area contributed by atoms with Gasteiger partial charge in [-0.05, 0) is 44.5 Å². The number of nitrogens with one attached hydrogen (secondary N) is 2. The number of imide groups is 1. The van der Waals surface area contributed by atoms with Crippen molar-refractivity contribution in [1.29, 1.82) is 0 Å². The fourth-order valence-corrected chi connectivity index (χ4v) is 3.98. The smallest absolute Gasteiger partial charge is 0.331 e. The Morgan fingerprint density at radius 2 is 1.74 bits per heavy atom. The highest BCUT2D eigenvalue weighted by Crippen LogP contribution is 2.18. The zero-order valence-electron chi connectivity index (χ0n) is 17.7. The number of ether oxygens (including phenoxy) is 2. The summed E-state index contributed by atoms with van der Waals surface area (Å²) >= 11 is 0. The number of benzene rings is 1. The summed E-state index contributed by atoms with van der Waals surface area (Å²) in [6.07, 6.45) is 2.53. The van der Waals surface area contributed by atoms with E-state index in [4.69, 9.17) is 9.47 Å². The van der Waals surface area contributed by atoms with Gasteiger partial charge in [-0.25, -0.2) is 18.0 Å². The molecule has 0 aromatic heterocycles. The summed E-state index contributed by atoms with van der Waals surface area (Å²) in [5.74, 6) is -1.54. The first-order valence-corrected chi connectivity index (χ1v) is 11.1. The first-order chi connectivity index (χ1) is 14.5. The van der Waals surface area contributed by atoms with Gasteiger partial charge in [0.05, 0.1) is 18.1 Å². The predicted molar refractivity (Wildman–Crippen MR) is 112 cm³/mol. The van der Waals surface area contributed by atoms with Crippen molar-refractivity contribution in [2.45, 2.75) is 31.2 Å². The Bertz CT molecular complexity index is 929. The number of nitrogens with zero attached hydrogens (tertiary/aromatic N) is 1. The second kappa shape index (κ2) is 10.5. The summed E-state index contributed by atoms with van der Waals surface area (Å²) in [7, 11) is -3.59. The molecular formula is C20H27N3O7S. The van der Waals surface area contributed by atoms with E-state index in [0.717, 1.165) is 6.08 Å². The van der Waals surface area contributed by atoms with Gasteiger partial charge in [0.15, 0.2) is 6.61 Å². The number of carbonyl (C=O) groups is 3. The predicted octanol–water partition coefficient (Wildman–Crippen LogP) is 0.888. The van der Waals surface area contributed by atoms with Crippen LogP contribution in [0.1, 0.15) is 26.3 Å². The van der Waals surface area contributed by atoms with E-state index in [-0.39, 0.29) is 4.90 Å². The van der Waals surface area contributed by atoms with Crippen molar-refractivity contribution >= 4 is 34.0 Å². The van der Waals surface area contributed by atoms with E-state index in [1.54, 1.807) is 32.9 Å². The van der Waals surface area contributed by atoms with Crippen LogP contribution in [0.25, 0.3) is 6.08 Å². The first-order valence-electron chi connectivity index (χ1n) is 9.62. The Morgan fingerprint density at radius 3 is 2.32 bits per heavy atom. The molecule has 0 spiro atoms. The van der Waals surface area contributed by atoms with Crippen LogP contribution in [0.5, 0.6) is 0 Å². The molecule has 0 unspecified atom stereocenters. The average Bonchev–Trinajstić information content (AvgIpc) is 2.70. The van der Waals surface area contributed by atoms with Crippen molar-refractivity contribution in [2.75, 3.05) is 32.9 Å². The van der Waals surface area contributed by atoms with Gasteiger partial charge in [0.1, 0.15) is 0 Å². The molecule has 1 aliphatic heterocycles. The molecule has 1 saturated heterocycles. The number of urea groups is 1. The molecule has 1 aromatic carbocycles. The third kappa shape index (κ3) is 8.12. The number of sulfonamides is 1. The minimum absolute atomic E-state index is 0.152. The van der Waals surface area contributed by atoms with Crippen LogP contribution in [-0.2, 0) is 29.1 Å². The van der Waals surface area contributed by atoms with Crippen molar-refractivity contribution in [1.82, 2.24) is 14.9 Å². The number of hydrogen-bond donors (Lipinski definition) is 2. The molecular weight excluding hydrogens is 426 g/mol. The second-order valence-electron chi connectivity index (χ2n) is 7.78. The average molecular weight is 454 g/mol. The van der Waals surface area contributed by atoms with E-state index in [9.17, 15) is 22.8 Å². The number of morpholine rings is 1. The van der Waals surface area contributed by atoms with Gasteiger partial charge in [-0.15, -0.1) is 0 Å². The summed E-state index contributed by atoms with van der Waals surface area (Å²) in [5, 5.41) is 4.60. The van der Waals surface area contributed by atoms with Gasteiger partial charge in [0, 0.05) is 24.7 Å². The normalized spacial score (nSPS) is 15.5. The van der Waals surface area contributed by atoms with Crippen LogP contribution in [0.4, 0.5) is 4.79 Å². The minimum atomic E-state index is -3.59. The molecule has 1 aliphatic rings. The topological polar surface area (TPSA) is 131 Å². The number of amides is 3. The molecule has 0 radical (unpaired) electrons. The highest BCUT2D eigenvalue weighted by molar-refractivity contribution is 7.89. The van der Waals surface area contributed by atoms with Crippen LogP contribution in [0, 0.1) is 0 Å². The van der Waals surface area contributed by atoms with Crippen LogP contribution < -0.4 is 10.6 Å². The SMILES string of the molecule is CC(C)(C)NC(=O)NC(=O)COC(=O)/C=C/c1ccc(S(=O)(=O)N2CCOCC2)cc1. The van der Waals surface area contributed by atoms with Crippen LogP contribution in [0.3, 0.4) is 0 Å². The Kier molecular flexibility index (Phi) is 8.31. The minimum Gasteiger partial charge on any atom is -0.452 e. The lowest BCUT2D eigenvalue weighted by atomic mass is 10.1. The van der Waals surface area contributed by atoms with Crippen molar-refractivity contribution in [2.24, 2.45) is 0 Å². The molecule has 1 aromatic rings. The highest BCUT2D eigenvalue weighted by atomic mass is 32.2. The van der Waals surface area contributed by atoms with E-state index in [2.05, 4.69) is 10.6 Å². The van der Waals surface area contributed by atoms with Gasteiger partial charge in [-0.1, -0.05) is 12.1 Å². The standard InChI is InChI=1S/C20H27N3O7S/c1-20(2,3)22-19(26)21-17(24)14-30-18(25)9-6-15-4-7-16(8-5-15)31(27,28)23-10-12-29-13-11-23/h4-9H,10-14H2,1-3H3,(H2,21,22,24,26)/b9-6+. The molecule has 0 aliphatic carbocycles. The second-order valence-corrected chi connectivity index (χ2v) is 9.72. The van der Waals surface area contributed by atoms with Crippen LogP contribution >= 0.6 is 0 Å². The molecule has 170 valence electrons. The zero-order chi connectivity index (χ0) is 23.1. The lowest BCUT2D eigenvalue weighted by Gasteiger charge is -2.26. The Balaban J connectivity index is 1.84. The lowest BCUT2D eigenvalue weighted by Crippen LogP contribution is -2.49. The van der Waals surface area contributed by atoms with Crippen molar-refractivity contribution in [3.8, 4) is 0 Å². The van der Waals surface area contributed by atoms with Crippen molar-refractivity contribution in [3.63, 3.8) is 0 Å². The third-order valence-electron chi connectivity index (χ3n) is 3.99. The number of hydrogen-bond acceptors (Lipinski definition) is 7. The first kappa shape index (κ1) is 24.5. The van der Waals surface area contributed by atoms with E-state index >= 15 is 0 Å². The molecule has 0 saturated carbocycles. The van der Waals surface area contributed by atoms with Gasteiger partial charge in [0.25, 0.3) is 5.91 Å². The number of esters is 1. The fraction of sp³-hybridized carbons (Fsp3) is 0.450. The van der Waals surface area contributed by atoms with E-state index in [0.29, 0.717) is 31.9 Å². The molecule has 1 fully saturated rings. The third-order valence-corrected chi connectivity index (χ3v) is 5.90. The molecule has 0 atom stereocenters. The highest BCUT2D eigenvalue weighted by Gasteiger charge is 2.26. The molecule has 31 heavy (non-hydrogen) atoms. The molecule has 3 amide bonds. The monoisotopic (exact) mass is 453 g/mol. The lowest BCUT2D eigenvalue weighted by molar-refractivity contribution is -0.143. The van der Waals surface area contributed by atoms with Crippen molar-refractivity contribution < 1.29 is 32.3 Å². The molecule has 1 heterocycles. The Morgan fingerprint density at radius 1 is 1.13 bits per heavy atom. The van der Waals surface area contributed by atoms with Gasteiger partial charge >= 0.3 is 12.0 Å². The summed E-state index contributed by atoms with van der Waals surface area (Å²) in [5.41, 5.74) is 0.0628. The zero-order valence-corrected chi connectivity index (χ0v) is 18.5. The van der Waals surface area contributed by atoms with Crippen molar-refractivity contribution in [3.05, 3.63) is 35.9 Å². The van der Waals surface area contributed by atoms with Gasteiger partial charge in [0.2, 0.25) is 10.0 Å². The Labute approximate surface area is 181 Å². The molecule has 10 nitrogen and oxygen atoms in total. The molecule has 2 rings (SSSR count). The van der Waals surface area contributed by atoms with E-state index < -0.39 is 40.1 Å². The summed E-state index contributed by atoms with van der Waals surface area (Å²) in [6, 6.07) is 5.34. The fourth-order valence-electron chi connectivity index (χ4n) is 2.57. The number of rotatable bonds is 6. The van der Waals surface area contributed by atoms with E-state index in [1.807, 2.05) is 0 Å². The van der Waals surface area contributed by atoms with Gasteiger partial charge < -0.3 is 14.8 Å².